The lowest BCUT2D eigenvalue weighted by molar-refractivity contribution is -0.119. The average molecular weight is 343 g/mol. The number of piperidine rings is 1. The number of benzene rings is 1. The van der Waals surface area contributed by atoms with Gasteiger partial charge in [-0.3, -0.25) is 4.79 Å². The number of carbonyl (C=O) groups is 1. The van der Waals surface area contributed by atoms with Crippen LogP contribution in [-0.4, -0.2) is 42.9 Å². The van der Waals surface area contributed by atoms with Crippen LogP contribution in [0.5, 0.6) is 0 Å². The third-order valence-corrected chi connectivity index (χ3v) is 5.01. The molecule has 0 aliphatic carbocycles. The molecule has 1 aromatic carbocycles. The first-order chi connectivity index (χ1) is 10.1. The molecule has 0 aromatic heterocycles. The molecule has 3 rings (SSSR count). The van der Waals surface area contributed by atoms with Gasteiger partial charge in [-0.25, -0.2) is 0 Å². The number of aryl methyl sites for hydroxylation is 1. The SMILES string of the molecule is Cc1ccc2c(c1)[C@@H]1CN(C)CC[C@H]1N2C(=O)CCCCl.Cl. The van der Waals surface area contributed by atoms with E-state index < -0.39 is 0 Å². The van der Waals surface area contributed by atoms with Crippen molar-refractivity contribution in [3.63, 3.8) is 0 Å². The lowest BCUT2D eigenvalue weighted by Crippen LogP contribution is -2.47. The van der Waals surface area contributed by atoms with Crippen LogP contribution in [0.1, 0.15) is 36.3 Å². The number of hydrogen-bond acceptors (Lipinski definition) is 2. The van der Waals surface area contributed by atoms with Gasteiger partial charge in [-0.05, 0) is 45.0 Å². The topological polar surface area (TPSA) is 23.6 Å². The summed E-state index contributed by atoms with van der Waals surface area (Å²) in [5.41, 5.74) is 3.76. The van der Waals surface area contributed by atoms with Gasteiger partial charge in [0.1, 0.15) is 0 Å². The minimum Gasteiger partial charge on any atom is -0.308 e. The molecule has 1 aromatic rings. The molecule has 122 valence electrons. The number of likely N-dealkylation sites (tertiary alicyclic amines) is 1. The molecule has 0 spiro atoms. The molecule has 0 unspecified atom stereocenters. The molecule has 0 saturated carbocycles. The number of carbonyl (C=O) groups excluding carboxylic acids is 1. The van der Waals surface area contributed by atoms with Crippen molar-refractivity contribution in [3.8, 4) is 0 Å². The zero-order chi connectivity index (χ0) is 15.0. The van der Waals surface area contributed by atoms with Gasteiger partial charge in [0.05, 0.1) is 0 Å². The van der Waals surface area contributed by atoms with Gasteiger partial charge in [0.25, 0.3) is 0 Å². The molecule has 2 aliphatic rings. The summed E-state index contributed by atoms with van der Waals surface area (Å²) in [7, 11) is 2.17. The Hall–Kier alpha value is -0.770. The van der Waals surface area contributed by atoms with Gasteiger partial charge in [0.2, 0.25) is 5.91 Å². The lowest BCUT2D eigenvalue weighted by atomic mass is 9.89. The van der Waals surface area contributed by atoms with E-state index in [1.165, 1.54) is 11.1 Å². The van der Waals surface area contributed by atoms with Crippen LogP contribution in [-0.2, 0) is 4.79 Å². The predicted octanol–water partition coefficient (Wildman–Crippen LogP) is 3.57. The molecule has 22 heavy (non-hydrogen) atoms. The number of rotatable bonds is 3. The van der Waals surface area contributed by atoms with Crippen LogP contribution in [0.4, 0.5) is 5.69 Å². The molecule has 3 nitrogen and oxygen atoms in total. The van der Waals surface area contributed by atoms with Gasteiger partial charge in [-0.1, -0.05) is 17.7 Å². The standard InChI is InChI=1S/C17H23ClN2O.ClH/c1-12-5-6-15-13(10-12)14-11-19(2)9-7-16(14)20(15)17(21)4-3-8-18;/h5-6,10,14,16H,3-4,7-9,11H2,1-2H3;1H/t14-,16+;/m0./s1. The second-order valence-corrected chi connectivity index (χ2v) is 6.72. The third kappa shape index (κ3) is 3.12. The first-order valence-corrected chi connectivity index (χ1v) is 8.32. The number of amides is 1. The van der Waals surface area contributed by atoms with E-state index in [1.807, 2.05) is 0 Å². The summed E-state index contributed by atoms with van der Waals surface area (Å²) in [6.07, 6.45) is 2.37. The van der Waals surface area contributed by atoms with Gasteiger partial charge < -0.3 is 9.80 Å². The van der Waals surface area contributed by atoms with Gasteiger partial charge in [-0.15, -0.1) is 24.0 Å². The molecule has 1 saturated heterocycles. The maximum atomic E-state index is 12.6. The number of anilines is 1. The average Bonchev–Trinajstić information content (AvgIpc) is 2.78. The maximum Gasteiger partial charge on any atom is 0.227 e. The maximum absolute atomic E-state index is 12.6. The highest BCUT2D eigenvalue weighted by molar-refractivity contribution is 6.18. The van der Waals surface area contributed by atoms with Crippen LogP contribution in [0.2, 0.25) is 0 Å². The molecule has 2 aliphatic heterocycles. The van der Waals surface area contributed by atoms with Gasteiger partial charge in [0.15, 0.2) is 0 Å². The van der Waals surface area contributed by atoms with Crippen molar-refractivity contribution >= 4 is 35.6 Å². The number of fused-ring (bicyclic) bond motifs is 3. The fourth-order valence-electron chi connectivity index (χ4n) is 3.74. The Balaban J connectivity index is 0.00000176. The largest absolute Gasteiger partial charge is 0.308 e. The highest BCUT2D eigenvalue weighted by Crippen LogP contribution is 2.45. The molecule has 2 atom stereocenters. The Kier molecular flexibility index (Phi) is 5.76. The van der Waals surface area contributed by atoms with Crippen molar-refractivity contribution in [1.82, 2.24) is 4.90 Å². The summed E-state index contributed by atoms with van der Waals surface area (Å²) in [4.78, 5) is 17.1. The van der Waals surface area contributed by atoms with E-state index in [4.69, 9.17) is 11.6 Å². The van der Waals surface area contributed by atoms with E-state index in [2.05, 4.69) is 42.0 Å². The number of halogens is 2. The van der Waals surface area contributed by atoms with E-state index in [1.54, 1.807) is 0 Å². The van der Waals surface area contributed by atoms with Crippen molar-refractivity contribution in [3.05, 3.63) is 29.3 Å². The first-order valence-electron chi connectivity index (χ1n) is 7.79. The van der Waals surface area contributed by atoms with Crippen molar-refractivity contribution in [2.45, 2.75) is 38.1 Å². The fraction of sp³-hybridized carbons (Fsp3) is 0.588. The quantitative estimate of drug-likeness (QED) is 0.784. The first kappa shape index (κ1) is 17.6. The number of alkyl halides is 1. The summed E-state index contributed by atoms with van der Waals surface area (Å²) in [6.45, 7) is 4.23. The van der Waals surface area contributed by atoms with Gasteiger partial charge in [0, 0.05) is 36.5 Å². The van der Waals surface area contributed by atoms with Crippen LogP contribution in [0.25, 0.3) is 0 Å². The highest BCUT2D eigenvalue weighted by atomic mass is 35.5. The van der Waals surface area contributed by atoms with Crippen LogP contribution >= 0.6 is 24.0 Å². The Bertz CT molecular complexity index is 549. The minimum absolute atomic E-state index is 0. The molecular weight excluding hydrogens is 319 g/mol. The Morgan fingerprint density at radius 1 is 1.41 bits per heavy atom. The van der Waals surface area contributed by atoms with Crippen LogP contribution < -0.4 is 4.90 Å². The zero-order valence-corrected chi connectivity index (χ0v) is 14.8. The van der Waals surface area contributed by atoms with Crippen LogP contribution in [0.15, 0.2) is 18.2 Å². The second kappa shape index (κ2) is 7.20. The summed E-state index contributed by atoms with van der Waals surface area (Å²) < 4.78 is 0. The normalized spacial score (nSPS) is 23.7. The number of likely N-dealkylation sites (N-methyl/N-ethyl adjacent to an activating group) is 1. The van der Waals surface area contributed by atoms with E-state index in [0.29, 0.717) is 24.3 Å². The Morgan fingerprint density at radius 3 is 2.91 bits per heavy atom. The van der Waals surface area contributed by atoms with E-state index in [-0.39, 0.29) is 18.3 Å². The summed E-state index contributed by atoms with van der Waals surface area (Å²) >= 11 is 5.75. The van der Waals surface area contributed by atoms with Crippen molar-refractivity contribution in [2.24, 2.45) is 0 Å². The molecular formula is C17H24Cl2N2O. The zero-order valence-electron chi connectivity index (χ0n) is 13.2. The van der Waals surface area contributed by atoms with Crippen LogP contribution in [0, 0.1) is 6.92 Å². The monoisotopic (exact) mass is 342 g/mol. The predicted molar refractivity (Wildman–Crippen MR) is 94.5 cm³/mol. The van der Waals surface area contributed by atoms with Crippen molar-refractivity contribution < 1.29 is 4.79 Å². The molecule has 0 bridgehead atoms. The number of nitrogens with zero attached hydrogens (tertiary/aromatic N) is 2. The Morgan fingerprint density at radius 2 is 2.18 bits per heavy atom. The second-order valence-electron chi connectivity index (χ2n) is 6.34. The summed E-state index contributed by atoms with van der Waals surface area (Å²) in [5.74, 6) is 1.24. The van der Waals surface area contributed by atoms with Crippen molar-refractivity contribution in [1.29, 1.82) is 0 Å². The van der Waals surface area contributed by atoms with E-state index in [9.17, 15) is 4.79 Å². The molecule has 2 heterocycles. The molecule has 5 heteroatoms. The third-order valence-electron chi connectivity index (χ3n) is 4.75. The Labute approximate surface area is 144 Å². The van der Waals surface area contributed by atoms with Crippen molar-refractivity contribution in [2.75, 3.05) is 30.9 Å². The van der Waals surface area contributed by atoms with E-state index >= 15 is 0 Å². The molecule has 1 fully saturated rings. The van der Waals surface area contributed by atoms with Crippen LogP contribution in [0.3, 0.4) is 0 Å². The molecule has 0 N–H and O–H groups in total. The number of hydrogen-bond donors (Lipinski definition) is 0. The highest BCUT2D eigenvalue weighted by Gasteiger charge is 2.43. The minimum atomic E-state index is 0. The summed E-state index contributed by atoms with van der Waals surface area (Å²) in [6, 6.07) is 6.84. The molecule has 0 radical (unpaired) electrons. The summed E-state index contributed by atoms with van der Waals surface area (Å²) in [5, 5.41) is 0. The van der Waals surface area contributed by atoms with Gasteiger partial charge in [-0.2, -0.15) is 0 Å². The fourth-order valence-corrected chi connectivity index (χ4v) is 3.88. The lowest BCUT2D eigenvalue weighted by Gasteiger charge is -2.36. The molecule has 1 amide bonds. The smallest absolute Gasteiger partial charge is 0.227 e. The van der Waals surface area contributed by atoms with E-state index in [0.717, 1.165) is 31.6 Å². The van der Waals surface area contributed by atoms with Gasteiger partial charge >= 0.3 is 0 Å².